The number of halogens is 1. The minimum atomic E-state index is -2.65. The van der Waals surface area contributed by atoms with E-state index in [1.165, 1.54) is 0 Å². The third kappa shape index (κ3) is 2.07. The zero-order valence-corrected chi connectivity index (χ0v) is 10.1. The molecule has 5 N–H and O–H groups in total. The van der Waals surface area contributed by atoms with Crippen molar-refractivity contribution >= 4 is 0 Å². The molecule has 1 saturated heterocycles. The second-order valence-electron chi connectivity index (χ2n) is 4.40. The van der Waals surface area contributed by atoms with Crippen LogP contribution in [0.5, 0.6) is 0 Å². The molecule has 4 atom stereocenters. The van der Waals surface area contributed by atoms with E-state index in [0.29, 0.717) is 6.20 Å². The van der Waals surface area contributed by atoms with Crippen molar-refractivity contribution < 1.29 is 29.6 Å². The molecule has 2 heterocycles. The van der Waals surface area contributed by atoms with E-state index in [9.17, 15) is 29.3 Å². The highest BCUT2D eigenvalue weighted by Gasteiger charge is 2.53. The van der Waals surface area contributed by atoms with Gasteiger partial charge in [-0.15, -0.1) is 0 Å². The molecule has 0 aromatic carbocycles. The zero-order chi connectivity index (χ0) is 15.1. The Kier molecular flexibility index (Phi) is 3.75. The summed E-state index contributed by atoms with van der Waals surface area (Å²) in [5.74, 6) is -1.38. The van der Waals surface area contributed by atoms with E-state index in [4.69, 9.17) is 9.84 Å². The Morgan fingerprint density at radius 1 is 1.50 bits per heavy atom. The van der Waals surface area contributed by atoms with Gasteiger partial charge in [0.1, 0.15) is 18.3 Å². The van der Waals surface area contributed by atoms with Gasteiger partial charge >= 0.3 is 5.69 Å². The molecule has 1 fully saturated rings. The van der Waals surface area contributed by atoms with Crippen molar-refractivity contribution in [2.24, 2.45) is 0 Å². The number of nitrogens with zero attached hydrogens (tertiary/aromatic N) is 1. The summed E-state index contributed by atoms with van der Waals surface area (Å²) in [6.45, 7) is -1.21. The van der Waals surface area contributed by atoms with Gasteiger partial charge in [0.25, 0.3) is 5.56 Å². The van der Waals surface area contributed by atoms with Gasteiger partial charge in [-0.25, -0.2) is 4.79 Å². The second kappa shape index (κ2) is 5.07. The maximum Gasteiger partial charge on any atom is 0.331 e. The van der Waals surface area contributed by atoms with Gasteiger partial charge in [-0.05, 0) is 0 Å². The Bertz CT molecular complexity index is 614. The van der Waals surface area contributed by atoms with Crippen molar-refractivity contribution in [2.75, 3.05) is 13.2 Å². The molecule has 1 aliphatic heterocycles. The molecule has 1 aliphatic rings. The van der Waals surface area contributed by atoms with E-state index in [-0.39, 0.29) is 4.57 Å². The molecule has 0 amide bonds. The fraction of sp³-hybridized carbons (Fsp3) is 0.600. The smallest absolute Gasteiger partial charge is 0.331 e. The van der Waals surface area contributed by atoms with Crippen LogP contribution in [0.1, 0.15) is 0 Å². The molecule has 2 rings (SSSR count). The number of aliphatic hydroxyl groups excluding tert-OH is 3. The molecule has 0 unspecified atom stereocenters. The lowest BCUT2D eigenvalue weighted by Gasteiger charge is -2.44. The summed E-state index contributed by atoms with van der Waals surface area (Å²) in [6, 6.07) is 0. The Labute approximate surface area is 110 Å². The summed E-state index contributed by atoms with van der Waals surface area (Å²) >= 11 is 0. The monoisotopic (exact) mass is 292 g/mol. The van der Waals surface area contributed by atoms with Crippen molar-refractivity contribution in [3.05, 3.63) is 32.9 Å². The molecule has 0 saturated carbocycles. The highest BCUT2D eigenvalue weighted by Crippen LogP contribution is 2.29. The van der Waals surface area contributed by atoms with Crippen LogP contribution in [0.3, 0.4) is 0 Å². The van der Waals surface area contributed by atoms with Gasteiger partial charge in [0.15, 0.2) is 0 Å². The highest BCUT2D eigenvalue weighted by molar-refractivity contribution is 5.01. The summed E-state index contributed by atoms with van der Waals surface area (Å²) in [4.78, 5) is 24.2. The molecule has 20 heavy (non-hydrogen) atoms. The topological polar surface area (TPSA) is 145 Å². The molecule has 0 spiro atoms. The van der Waals surface area contributed by atoms with E-state index in [1.54, 1.807) is 4.98 Å². The van der Waals surface area contributed by atoms with Gasteiger partial charge in [0, 0.05) is 0 Å². The maximum absolute atomic E-state index is 13.3. The van der Waals surface area contributed by atoms with Crippen LogP contribution < -0.4 is 11.2 Å². The average molecular weight is 292 g/mol. The minimum absolute atomic E-state index is 0.268. The highest BCUT2D eigenvalue weighted by atomic mass is 19.1. The van der Waals surface area contributed by atoms with Crippen molar-refractivity contribution in [3.63, 3.8) is 0 Å². The first-order chi connectivity index (χ1) is 9.32. The van der Waals surface area contributed by atoms with E-state index in [2.05, 4.69) is 0 Å². The Morgan fingerprint density at radius 2 is 2.15 bits per heavy atom. The largest absolute Gasteiger partial charge is 0.394 e. The predicted octanol–water partition coefficient (Wildman–Crippen LogP) is -3.57. The Balaban J connectivity index is 2.60. The van der Waals surface area contributed by atoms with Gasteiger partial charge in [0.2, 0.25) is 11.5 Å². The van der Waals surface area contributed by atoms with Crippen molar-refractivity contribution in [1.82, 2.24) is 9.55 Å². The number of H-pyrrole nitrogens is 1. The molecule has 0 radical (unpaired) electrons. The number of nitrogens with one attached hydrogen (secondary N) is 1. The van der Waals surface area contributed by atoms with Crippen LogP contribution in [0.25, 0.3) is 0 Å². The van der Waals surface area contributed by atoms with Crippen LogP contribution in [0, 0.1) is 5.82 Å². The first kappa shape index (κ1) is 14.8. The third-order valence-corrected chi connectivity index (χ3v) is 3.21. The first-order valence-electron chi connectivity index (χ1n) is 5.65. The fourth-order valence-electron chi connectivity index (χ4n) is 2.07. The Morgan fingerprint density at radius 3 is 2.75 bits per heavy atom. The molecule has 112 valence electrons. The van der Waals surface area contributed by atoms with E-state index >= 15 is 0 Å². The van der Waals surface area contributed by atoms with Crippen LogP contribution in [-0.2, 0) is 10.5 Å². The second-order valence-corrected chi connectivity index (χ2v) is 4.40. The fourth-order valence-corrected chi connectivity index (χ4v) is 2.07. The quantitative estimate of drug-likeness (QED) is 0.379. The summed E-state index contributed by atoms with van der Waals surface area (Å²) < 4.78 is 18.4. The lowest BCUT2D eigenvalue weighted by Crippen LogP contribution is -2.67. The normalized spacial score (nSPS) is 34.1. The lowest BCUT2D eigenvalue weighted by atomic mass is 9.92. The van der Waals surface area contributed by atoms with Gasteiger partial charge in [-0.3, -0.25) is 14.3 Å². The van der Waals surface area contributed by atoms with Crippen molar-refractivity contribution in [2.45, 2.75) is 24.0 Å². The van der Waals surface area contributed by atoms with E-state index in [0.717, 1.165) is 0 Å². The van der Waals surface area contributed by atoms with E-state index in [1.807, 2.05) is 0 Å². The van der Waals surface area contributed by atoms with Crippen LogP contribution in [0.15, 0.2) is 15.8 Å². The summed E-state index contributed by atoms with van der Waals surface area (Å²) in [5, 5.41) is 39.0. The van der Waals surface area contributed by atoms with Crippen LogP contribution >= 0.6 is 0 Å². The van der Waals surface area contributed by atoms with Crippen LogP contribution in [0.4, 0.5) is 4.39 Å². The van der Waals surface area contributed by atoms with Crippen LogP contribution in [0.2, 0.25) is 0 Å². The van der Waals surface area contributed by atoms with Crippen molar-refractivity contribution in [3.8, 4) is 0 Å². The molecular weight excluding hydrogens is 279 g/mol. The van der Waals surface area contributed by atoms with Gasteiger partial charge in [-0.1, -0.05) is 0 Å². The first-order valence-corrected chi connectivity index (χ1v) is 5.65. The summed E-state index contributed by atoms with van der Waals surface area (Å²) in [7, 11) is 0. The molecule has 1 aromatic rings. The molecular formula is C10H13FN2O7. The Hall–Kier alpha value is -1.59. The number of ether oxygens (including phenoxy) is 1. The van der Waals surface area contributed by atoms with E-state index < -0.39 is 54.3 Å². The summed E-state index contributed by atoms with van der Waals surface area (Å²) in [5.41, 5.74) is -5.17. The predicted molar refractivity (Wildman–Crippen MR) is 60.3 cm³/mol. The molecule has 0 bridgehead atoms. The van der Waals surface area contributed by atoms with Gasteiger partial charge in [0.05, 0.1) is 19.4 Å². The number of rotatable bonds is 2. The summed E-state index contributed by atoms with van der Waals surface area (Å²) in [6.07, 6.45) is -4.61. The zero-order valence-electron chi connectivity index (χ0n) is 10.1. The number of aliphatic hydroxyl groups is 4. The van der Waals surface area contributed by atoms with Gasteiger partial charge < -0.3 is 25.2 Å². The standard InChI is InChI=1S/C10H13FN2O7/c11-4-1-13(9(18)12-8(4)17)10(19)6(15)3-20-5(2-14)7(10)16/h1,5-7,14-16,19H,2-3H2,(H,12,17,18)/t5-,6+,7+,10+/m1/s1. The van der Waals surface area contributed by atoms with Gasteiger partial charge in [-0.2, -0.15) is 4.39 Å². The SMILES string of the molecule is O=c1[nH]c(=O)n([C@]2(O)[C@@H](O)CO[C@H](CO)[C@@H]2O)cc1F. The molecule has 1 aromatic heterocycles. The lowest BCUT2D eigenvalue weighted by molar-refractivity contribution is -0.285. The maximum atomic E-state index is 13.3. The minimum Gasteiger partial charge on any atom is -0.394 e. The molecule has 10 heteroatoms. The number of aromatic nitrogens is 2. The third-order valence-electron chi connectivity index (χ3n) is 3.21. The number of hydrogen-bond acceptors (Lipinski definition) is 7. The van der Waals surface area contributed by atoms with Crippen LogP contribution in [-0.4, -0.2) is 61.5 Å². The number of aromatic amines is 1. The molecule has 0 aliphatic carbocycles. The number of hydrogen-bond donors (Lipinski definition) is 5. The average Bonchev–Trinajstić information content (AvgIpc) is 2.40. The van der Waals surface area contributed by atoms with Crippen molar-refractivity contribution in [1.29, 1.82) is 0 Å². The molecule has 9 nitrogen and oxygen atoms in total.